The van der Waals surface area contributed by atoms with E-state index in [4.69, 9.17) is 0 Å². The molecule has 0 bridgehead atoms. The molecule has 1 aromatic carbocycles. The van der Waals surface area contributed by atoms with E-state index >= 15 is 0 Å². The van der Waals surface area contributed by atoms with Gasteiger partial charge < -0.3 is 9.80 Å². The van der Waals surface area contributed by atoms with Crippen LogP contribution >= 0.6 is 15.9 Å². The van der Waals surface area contributed by atoms with Crippen molar-refractivity contribution in [1.29, 1.82) is 0 Å². The molecule has 140 valence electrons. The molecular weight excluding hydrogens is 387 g/mol. The van der Waals surface area contributed by atoms with Crippen LogP contribution in [0.4, 0.5) is 4.39 Å². The third-order valence-electron chi connectivity index (χ3n) is 3.96. The van der Waals surface area contributed by atoms with Gasteiger partial charge in [0.05, 0.1) is 0 Å². The number of rotatable bonds is 10. The Morgan fingerprint density at radius 3 is 2.28 bits per heavy atom. The number of carbonyl (C=O) groups excluding carboxylic acids is 2. The maximum Gasteiger partial charge on any atom is 0.222 e. The van der Waals surface area contributed by atoms with Crippen LogP contribution in [0.1, 0.15) is 51.5 Å². The van der Waals surface area contributed by atoms with Crippen LogP contribution in [0, 0.1) is 5.82 Å². The van der Waals surface area contributed by atoms with Gasteiger partial charge in [-0.05, 0) is 37.5 Å². The SMILES string of the molecule is CCCN(CCC)C(=O)CCCC(=O)N(C)Cc1cc(Br)ccc1F. The first-order chi connectivity index (χ1) is 11.9. The zero-order chi connectivity index (χ0) is 18.8. The van der Waals surface area contributed by atoms with E-state index in [1.807, 2.05) is 4.90 Å². The van der Waals surface area contributed by atoms with E-state index in [2.05, 4.69) is 29.8 Å². The van der Waals surface area contributed by atoms with E-state index < -0.39 is 0 Å². The predicted octanol–water partition coefficient (Wildman–Crippen LogP) is 4.37. The Balaban J connectivity index is 2.45. The maximum absolute atomic E-state index is 13.8. The molecule has 0 radical (unpaired) electrons. The van der Waals surface area contributed by atoms with Crippen molar-refractivity contribution in [3.8, 4) is 0 Å². The van der Waals surface area contributed by atoms with Crippen molar-refractivity contribution in [2.24, 2.45) is 0 Å². The number of amides is 2. The average Bonchev–Trinajstić information content (AvgIpc) is 2.57. The predicted molar refractivity (Wildman–Crippen MR) is 102 cm³/mol. The Morgan fingerprint density at radius 2 is 1.68 bits per heavy atom. The molecule has 4 nitrogen and oxygen atoms in total. The lowest BCUT2D eigenvalue weighted by molar-refractivity contribution is -0.132. The highest BCUT2D eigenvalue weighted by molar-refractivity contribution is 9.10. The van der Waals surface area contributed by atoms with Gasteiger partial charge in [0, 0.05) is 49.6 Å². The van der Waals surface area contributed by atoms with Gasteiger partial charge in [0.1, 0.15) is 5.82 Å². The molecule has 0 atom stereocenters. The van der Waals surface area contributed by atoms with Crippen LogP contribution in [0.3, 0.4) is 0 Å². The lowest BCUT2D eigenvalue weighted by Crippen LogP contribution is -2.32. The monoisotopic (exact) mass is 414 g/mol. The molecule has 0 heterocycles. The summed E-state index contributed by atoms with van der Waals surface area (Å²) in [6, 6.07) is 4.69. The van der Waals surface area contributed by atoms with Crippen LogP contribution in [0.15, 0.2) is 22.7 Å². The largest absolute Gasteiger partial charge is 0.343 e. The molecule has 6 heteroatoms. The standard InChI is InChI=1S/C19H28BrFN2O2/c1-4-11-23(12-5-2)19(25)8-6-7-18(24)22(3)14-15-13-16(20)9-10-17(15)21/h9-10,13H,4-8,11-12,14H2,1-3H3. The summed E-state index contributed by atoms with van der Waals surface area (Å²) in [7, 11) is 1.66. The fraction of sp³-hybridized carbons (Fsp3) is 0.579. The minimum absolute atomic E-state index is 0.0790. The lowest BCUT2D eigenvalue weighted by atomic mass is 10.1. The van der Waals surface area contributed by atoms with Crippen molar-refractivity contribution in [3.63, 3.8) is 0 Å². The molecule has 0 aliphatic carbocycles. The van der Waals surface area contributed by atoms with Crippen LogP contribution in [0.5, 0.6) is 0 Å². The molecule has 25 heavy (non-hydrogen) atoms. The molecule has 0 aliphatic rings. The van der Waals surface area contributed by atoms with Crippen molar-refractivity contribution < 1.29 is 14.0 Å². The lowest BCUT2D eigenvalue weighted by Gasteiger charge is -2.22. The Kier molecular flexibility index (Phi) is 9.71. The highest BCUT2D eigenvalue weighted by Gasteiger charge is 2.15. The van der Waals surface area contributed by atoms with E-state index in [0.29, 0.717) is 24.8 Å². The third-order valence-corrected chi connectivity index (χ3v) is 4.46. The molecule has 0 unspecified atom stereocenters. The number of hydrogen-bond donors (Lipinski definition) is 0. The fourth-order valence-corrected chi connectivity index (χ4v) is 3.06. The third kappa shape index (κ3) is 7.55. The summed E-state index contributed by atoms with van der Waals surface area (Å²) in [4.78, 5) is 27.8. The maximum atomic E-state index is 13.8. The molecule has 1 rings (SSSR count). The molecular formula is C19H28BrFN2O2. The van der Waals surface area contributed by atoms with Gasteiger partial charge in [-0.1, -0.05) is 29.8 Å². The molecule has 0 saturated carbocycles. The molecule has 0 spiro atoms. The van der Waals surface area contributed by atoms with Crippen LogP contribution in [0.25, 0.3) is 0 Å². The fourth-order valence-electron chi connectivity index (χ4n) is 2.65. The molecule has 1 aromatic rings. The van der Waals surface area contributed by atoms with Gasteiger partial charge in [-0.2, -0.15) is 0 Å². The zero-order valence-electron chi connectivity index (χ0n) is 15.4. The van der Waals surface area contributed by atoms with E-state index in [9.17, 15) is 14.0 Å². The quantitative estimate of drug-likeness (QED) is 0.570. The van der Waals surface area contributed by atoms with Gasteiger partial charge in [0.2, 0.25) is 11.8 Å². The Bertz CT molecular complexity index is 575. The number of carbonyl (C=O) groups is 2. The van der Waals surface area contributed by atoms with Crippen molar-refractivity contribution in [1.82, 2.24) is 9.80 Å². The summed E-state index contributed by atoms with van der Waals surface area (Å²) in [5.41, 5.74) is 0.471. The summed E-state index contributed by atoms with van der Waals surface area (Å²) in [6.45, 7) is 5.85. The van der Waals surface area contributed by atoms with Crippen molar-refractivity contribution in [2.75, 3.05) is 20.1 Å². The van der Waals surface area contributed by atoms with Crippen LogP contribution in [-0.4, -0.2) is 41.8 Å². The molecule has 2 amide bonds. The van der Waals surface area contributed by atoms with Crippen LogP contribution < -0.4 is 0 Å². The van der Waals surface area contributed by atoms with Gasteiger partial charge in [-0.25, -0.2) is 4.39 Å². The number of benzene rings is 1. The molecule has 0 fully saturated rings. The van der Waals surface area contributed by atoms with Gasteiger partial charge in [-0.15, -0.1) is 0 Å². The summed E-state index contributed by atoms with van der Waals surface area (Å²) < 4.78 is 14.6. The van der Waals surface area contributed by atoms with Gasteiger partial charge in [0.15, 0.2) is 0 Å². The van der Waals surface area contributed by atoms with E-state index in [1.165, 1.54) is 11.0 Å². The Labute approximate surface area is 158 Å². The highest BCUT2D eigenvalue weighted by atomic mass is 79.9. The first-order valence-corrected chi connectivity index (χ1v) is 9.64. The van der Waals surface area contributed by atoms with Gasteiger partial charge in [-0.3, -0.25) is 9.59 Å². The van der Waals surface area contributed by atoms with Gasteiger partial charge >= 0.3 is 0 Å². The van der Waals surface area contributed by atoms with Crippen molar-refractivity contribution in [3.05, 3.63) is 34.1 Å². The normalized spacial score (nSPS) is 10.6. The Morgan fingerprint density at radius 1 is 1.08 bits per heavy atom. The first-order valence-electron chi connectivity index (χ1n) is 8.84. The molecule has 0 saturated heterocycles. The Hall–Kier alpha value is -1.43. The van der Waals surface area contributed by atoms with E-state index in [-0.39, 0.29) is 24.2 Å². The number of halogens is 2. The second-order valence-electron chi connectivity index (χ2n) is 6.22. The zero-order valence-corrected chi connectivity index (χ0v) is 16.9. The minimum atomic E-state index is -0.326. The second-order valence-corrected chi connectivity index (χ2v) is 7.14. The van der Waals surface area contributed by atoms with Gasteiger partial charge in [0.25, 0.3) is 0 Å². The summed E-state index contributed by atoms with van der Waals surface area (Å²) in [6.07, 6.45) is 3.07. The van der Waals surface area contributed by atoms with E-state index in [0.717, 1.165) is 30.4 Å². The summed E-state index contributed by atoms with van der Waals surface area (Å²) in [5, 5.41) is 0. The molecule has 0 N–H and O–H groups in total. The minimum Gasteiger partial charge on any atom is -0.343 e. The highest BCUT2D eigenvalue weighted by Crippen LogP contribution is 2.17. The molecule has 0 aliphatic heterocycles. The van der Waals surface area contributed by atoms with E-state index in [1.54, 1.807) is 19.2 Å². The summed E-state index contributed by atoms with van der Waals surface area (Å²) >= 11 is 3.31. The van der Waals surface area contributed by atoms with Crippen LogP contribution in [-0.2, 0) is 16.1 Å². The molecule has 0 aromatic heterocycles. The smallest absolute Gasteiger partial charge is 0.222 e. The van der Waals surface area contributed by atoms with Crippen LogP contribution in [0.2, 0.25) is 0 Å². The second kappa shape index (κ2) is 11.2. The van der Waals surface area contributed by atoms with Crippen molar-refractivity contribution >= 4 is 27.7 Å². The average molecular weight is 415 g/mol. The topological polar surface area (TPSA) is 40.6 Å². The van der Waals surface area contributed by atoms with Crippen molar-refractivity contribution in [2.45, 2.75) is 52.5 Å². The number of hydrogen-bond acceptors (Lipinski definition) is 2. The summed E-state index contributed by atoms with van der Waals surface area (Å²) in [5.74, 6) is -0.297. The number of nitrogens with zero attached hydrogens (tertiary/aromatic N) is 2. The first kappa shape index (κ1) is 21.6.